The van der Waals surface area contributed by atoms with E-state index in [0.29, 0.717) is 18.2 Å². The molecule has 0 saturated heterocycles. The smallest absolute Gasteiger partial charge is 0.367 e. The first-order valence-electron chi connectivity index (χ1n) is 7.88. The fourth-order valence-corrected chi connectivity index (χ4v) is 3.18. The normalized spacial score (nSPS) is 12.7. The summed E-state index contributed by atoms with van der Waals surface area (Å²) in [7, 11) is 2.02. The van der Waals surface area contributed by atoms with Gasteiger partial charge in [0.2, 0.25) is 5.01 Å². The van der Waals surface area contributed by atoms with Gasteiger partial charge < -0.3 is 9.15 Å². The van der Waals surface area contributed by atoms with Crippen LogP contribution >= 0.6 is 11.3 Å². The number of furan rings is 1. The summed E-state index contributed by atoms with van der Waals surface area (Å²) < 4.78 is 10.9. The van der Waals surface area contributed by atoms with E-state index >= 15 is 0 Å². The van der Waals surface area contributed by atoms with E-state index in [1.165, 1.54) is 11.3 Å². The Labute approximate surface area is 144 Å². The summed E-state index contributed by atoms with van der Waals surface area (Å²) in [6.07, 6.45) is 0. The third-order valence-electron chi connectivity index (χ3n) is 3.93. The number of thiazole rings is 1. The first kappa shape index (κ1) is 16.7. The van der Waals surface area contributed by atoms with E-state index in [1.54, 1.807) is 6.92 Å². The second kappa shape index (κ2) is 7.15. The highest BCUT2D eigenvalue weighted by Gasteiger charge is 2.19. The van der Waals surface area contributed by atoms with Crippen molar-refractivity contribution in [3.8, 4) is 0 Å². The Hall–Kier alpha value is -2.18. The van der Waals surface area contributed by atoms with E-state index < -0.39 is 0 Å². The average Bonchev–Trinajstić information content (AvgIpc) is 3.20. The molecule has 0 N–H and O–H groups in total. The maximum Gasteiger partial charge on any atom is 0.367 e. The van der Waals surface area contributed by atoms with Gasteiger partial charge in [0.15, 0.2) is 0 Å². The highest BCUT2D eigenvalue weighted by Crippen LogP contribution is 2.27. The lowest BCUT2D eigenvalue weighted by atomic mass is 10.2. The van der Waals surface area contributed by atoms with Crippen LogP contribution < -0.4 is 0 Å². The number of para-hydroxylation sites is 1. The van der Waals surface area contributed by atoms with Gasteiger partial charge in [-0.1, -0.05) is 18.2 Å². The predicted molar refractivity (Wildman–Crippen MR) is 94.2 cm³/mol. The Morgan fingerprint density at radius 1 is 1.42 bits per heavy atom. The van der Waals surface area contributed by atoms with Gasteiger partial charge in [-0.15, -0.1) is 11.3 Å². The molecule has 0 saturated carbocycles. The second-order valence-corrected chi connectivity index (χ2v) is 6.50. The molecular weight excluding hydrogens is 324 g/mol. The number of ether oxygens (including phenoxy) is 1. The summed E-state index contributed by atoms with van der Waals surface area (Å²) in [5.74, 6) is 0.557. The van der Waals surface area contributed by atoms with Crippen molar-refractivity contribution in [2.75, 3.05) is 13.7 Å². The molecular formula is C18H20N2O3S. The number of esters is 1. The lowest BCUT2D eigenvalue weighted by Crippen LogP contribution is -2.21. The molecule has 0 spiro atoms. The molecule has 3 rings (SSSR count). The maximum atomic E-state index is 11.7. The summed E-state index contributed by atoms with van der Waals surface area (Å²) in [5, 5.41) is 3.40. The van der Waals surface area contributed by atoms with Gasteiger partial charge in [-0.05, 0) is 33.0 Å². The number of hydrogen-bond donors (Lipinski definition) is 0. The van der Waals surface area contributed by atoms with Crippen molar-refractivity contribution >= 4 is 28.3 Å². The summed E-state index contributed by atoms with van der Waals surface area (Å²) >= 11 is 1.32. The van der Waals surface area contributed by atoms with Crippen LogP contribution in [0.25, 0.3) is 11.0 Å². The van der Waals surface area contributed by atoms with Crippen LogP contribution in [-0.4, -0.2) is 29.5 Å². The summed E-state index contributed by atoms with van der Waals surface area (Å²) in [6.45, 7) is 4.87. The fourth-order valence-electron chi connectivity index (χ4n) is 2.48. The Kier molecular flexibility index (Phi) is 4.97. The minimum absolute atomic E-state index is 0.102. The molecule has 0 aliphatic carbocycles. The van der Waals surface area contributed by atoms with Gasteiger partial charge in [-0.2, -0.15) is 0 Å². The number of hydrogen-bond acceptors (Lipinski definition) is 6. The van der Waals surface area contributed by atoms with E-state index in [1.807, 2.05) is 36.7 Å². The topological polar surface area (TPSA) is 55.6 Å². The molecule has 0 aliphatic heterocycles. The zero-order valence-electron chi connectivity index (χ0n) is 14.0. The van der Waals surface area contributed by atoms with E-state index in [9.17, 15) is 4.79 Å². The van der Waals surface area contributed by atoms with Crippen molar-refractivity contribution < 1.29 is 13.9 Å². The zero-order valence-corrected chi connectivity index (χ0v) is 14.8. The molecule has 0 bridgehead atoms. The molecule has 6 heteroatoms. The number of nitrogens with zero attached hydrogens (tertiary/aromatic N) is 2. The van der Waals surface area contributed by atoms with Gasteiger partial charge in [-0.25, -0.2) is 9.78 Å². The quantitative estimate of drug-likeness (QED) is 0.625. The molecule has 2 heterocycles. The molecule has 126 valence electrons. The molecule has 0 amide bonds. The third-order valence-corrected chi connectivity index (χ3v) is 4.80. The van der Waals surface area contributed by atoms with Crippen LogP contribution in [0.4, 0.5) is 0 Å². The number of carbonyl (C=O) groups is 1. The molecule has 1 aromatic carbocycles. The number of aromatic nitrogens is 1. The Morgan fingerprint density at radius 2 is 2.21 bits per heavy atom. The van der Waals surface area contributed by atoms with Crippen LogP contribution in [0.5, 0.6) is 0 Å². The van der Waals surface area contributed by atoms with Crippen LogP contribution in [0.15, 0.2) is 40.1 Å². The monoisotopic (exact) mass is 344 g/mol. The van der Waals surface area contributed by atoms with Crippen LogP contribution in [0.2, 0.25) is 0 Å². The van der Waals surface area contributed by atoms with Crippen LogP contribution in [0.3, 0.4) is 0 Å². The highest BCUT2D eigenvalue weighted by molar-refractivity contribution is 7.11. The molecule has 2 aromatic heterocycles. The molecule has 0 radical (unpaired) electrons. The number of carbonyl (C=O) groups excluding carboxylic acids is 1. The molecule has 3 aromatic rings. The number of rotatable bonds is 6. The van der Waals surface area contributed by atoms with Gasteiger partial charge >= 0.3 is 5.97 Å². The van der Waals surface area contributed by atoms with Crippen molar-refractivity contribution in [3.63, 3.8) is 0 Å². The number of benzene rings is 1. The zero-order chi connectivity index (χ0) is 17.1. The minimum Gasteiger partial charge on any atom is -0.461 e. The highest BCUT2D eigenvalue weighted by atomic mass is 32.1. The predicted octanol–water partition coefficient (Wildman–Crippen LogP) is 4.26. The first-order valence-corrected chi connectivity index (χ1v) is 8.76. The van der Waals surface area contributed by atoms with E-state index in [2.05, 4.69) is 22.9 Å². The van der Waals surface area contributed by atoms with E-state index in [0.717, 1.165) is 22.4 Å². The Morgan fingerprint density at radius 3 is 2.96 bits per heavy atom. The van der Waals surface area contributed by atoms with E-state index in [4.69, 9.17) is 9.15 Å². The summed E-state index contributed by atoms with van der Waals surface area (Å²) in [6, 6.07) is 10.2. The van der Waals surface area contributed by atoms with Crippen molar-refractivity contribution in [3.05, 3.63) is 52.2 Å². The first-order chi connectivity index (χ1) is 11.6. The SMILES string of the molecule is CCOC(=O)c1nc(CN(C)[C@@H](C)c2cc3ccccc3o2)cs1. The van der Waals surface area contributed by atoms with Crippen LogP contribution in [0.1, 0.15) is 41.1 Å². The lowest BCUT2D eigenvalue weighted by molar-refractivity contribution is 0.0525. The molecule has 0 fully saturated rings. The van der Waals surface area contributed by atoms with Crippen LogP contribution in [-0.2, 0) is 11.3 Å². The van der Waals surface area contributed by atoms with Gasteiger partial charge in [0, 0.05) is 17.3 Å². The Balaban J connectivity index is 1.69. The standard InChI is InChI=1S/C18H20N2O3S/c1-4-22-18(21)17-19-14(11-24-17)10-20(3)12(2)16-9-13-7-5-6-8-15(13)23-16/h5-9,11-12H,4,10H2,1-3H3/t12-/m0/s1. The second-order valence-electron chi connectivity index (χ2n) is 5.64. The Bertz CT molecular complexity index is 807. The van der Waals surface area contributed by atoms with Gasteiger partial charge in [0.05, 0.1) is 18.3 Å². The number of fused-ring (bicyclic) bond motifs is 1. The fraction of sp³-hybridized carbons (Fsp3) is 0.333. The third kappa shape index (κ3) is 3.49. The lowest BCUT2D eigenvalue weighted by Gasteiger charge is -2.21. The maximum absolute atomic E-state index is 11.7. The van der Waals surface area contributed by atoms with E-state index in [-0.39, 0.29) is 12.0 Å². The van der Waals surface area contributed by atoms with Crippen molar-refractivity contribution in [2.45, 2.75) is 26.4 Å². The van der Waals surface area contributed by atoms with Gasteiger partial charge in [0.1, 0.15) is 11.3 Å². The summed E-state index contributed by atoms with van der Waals surface area (Å²) in [5.41, 5.74) is 1.75. The summed E-state index contributed by atoms with van der Waals surface area (Å²) in [4.78, 5) is 18.2. The molecule has 24 heavy (non-hydrogen) atoms. The molecule has 0 aliphatic rings. The van der Waals surface area contributed by atoms with Crippen molar-refractivity contribution in [2.24, 2.45) is 0 Å². The van der Waals surface area contributed by atoms with Crippen molar-refractivity contribution in [1.82, 2.24) is 9.88 Å². The van der Waals surface area contributed by atoms with Crippen LogP contribution in [0, 0.1) is 0 Å². The molecule has 5 nitrogen and oxygen atoms in total. The minimum atomic E-state index is -0.360. The molecule has 0 unspecified atom stereocenters. The average molecular weight is 344 g/mol. The van der Waals surface area contributed by atoms with Gasteiger partial charge in [-0.3, -0.25) is 4.90 Å². The molecule has 1 atom stereocenters. The van der Waals surface area contributed by atoms with Crippen molar-refractivity contribution in [1.29, 1.82) is 0 Å². The van der Waals surface area contributed by atoms with Gasteiger partial charge in [0.25, 0.3) is 0 Å². The largest absolute Gasteiger partial charge is 0.461 e.